The number of benzene rings is 3. The lowest BCUT2D eigenvalue weighted by atomic mass is 9.87. The van der Waals surface area contributed by atoms with Crippen molar-refractivity contribution in [3.8, 4) is 11.5 Å². The first kappa shape index (κ1) is 25.6. The van der Waals surface area contributed by atoms with E-state index in [1.165, 1.54) is 11.1 Å². The number of aryl methyl sites for hydroxylation is 1. The summed E-state index contributed by atoms with van der Waals surface area (Å²) >= 11 is 0. The van der Waals surface area contributed by atoms with Gasteiger partial charge in [0, 0.05) is 31.1 Å². The van der Waals surface area contributed by atoms with Gasteiger partial charge in [0.25, 0.3) is 0 Å². The fourth-order valence-electron chi connectivity index (χ4n) is 5.01. The molecule has 2 unspecified atom stereocenters. The highest BCUT2D eigenvalue weighted by Gasteiger charge is 2.27. The first-order valence-corrected chi connectivity index (χ1v) is 13.6. The number of rotatable bonds is 6. The Morgan fingerprint density at radius 1 is 0.900 bits per heavy atom. The number of pyridine rings is 1. The van der Waals surface area contributed by atoms with E-state index >= 15 is 0 Å². The number of hydrogen-bond donors (Lipinski definition) is 2. The Hall–Kier alpha value is -4.65. The highest BCUT2D eigenvalue weighted by molar-refractivity contribution is 5.99. The van der Waals surface area contributed by atoms with Crippen LogP contribution in [0.2, 0.25) is 0 Å². The van der Waals surface area contributed by atoms with Crippen LogP contribution >= 0.6 is 0 Å². The number of hydrogen-bond acceptors (Lipinski definition) is 6. The number of nitrogens with zero attached hydrogens (tertiary/aromatic N) is 4. The number of anilines is 2. The number of amidine groups is 1. The van der Waals surface area contributed by atoms with Crippen molar-refractivity contribution >= 4 is 28.5 Å². The largest absolute Gasteiger partial charge is 0.457 e. The lowest BCUT2D eigenvalue weighted by molar-refractivity contribution is 0.482. The first-order valence-electron chi connectivity index (χ1n) is 13.6. The molecule has 0 amide bonds. The SMILES string of the molecule is CC1NC(c2cc(Oc3ccc4c(c3)nc(Nc3ccc(C(C)(C)C)cc3)n4C)ccn2)=NC1c1ccccc1. The molecule has 1 aliphatic heterocycles. The van der Waals surface area contributed by atoms with Crippen LogP contribution in [0.5, 0.6) is 11.5 Å². The fourth-order valence-corrected chi connectivity index (χ4v) is 5.01. The molecule has 0 spiro atoms. The van der Waals surface area contributed by atoms with Gasteiger partial charge in [0.15, 0.2) is 0 Å². The number of imidazole rings is 1. The summed E-state index contributed by atoms with van der Waals surface area (Å²) in [5.74, 6) is 2.95. The maximum absolute atomic E-state index is 6.24. The molecule has 3 aromatic carbocycles. The molecule has 5 aromatic rings. The number of fused-ring (bicyclic) bond motifs is 1. The Morgan fingerprint density at radius 2 is 1.65 bits per heavy atom. The summed E-state index contributed by atoms with van der Waals surface area (Å²) in [5.41, 5.74) is 6.22. The molecular formula is C33H34N6O. The van der Waals surface area contributed by atoms with Gasteiger partial charge in [-0.1, -0.05) is 63.2 Å². The topological polar surface area (TPSA) is 76.4 Å². The van der Waals surface area contributed by atoms with Crippen LogP contribution in [-0.2, 0) is 12.5 Å². The second-order valence-corrected chi connectivity index (χ2v) is 11.3. The van der Waals surface area contributed by atoms with Gasteiger partial charge in [-0.05, 0) is 53.8 Å². The molecule has 0 radical (unpaired) electrons. The molecule has 2 aromatic heterocycles. The van der Waals surface area contributed by atoms with Crippen molar-refractivity contribution in [2.24, 2.45) is 12.0 Å². The van der Waals surface area contributed by atoms with Gasteiger partial charge in [-0.2, -0.15) is 0 Å². The lowest BCUT2D eigenvalue weighted by Crippen LogP contribution is -2.29. The van der Waals surface area contributed by atoms with E-state index < -0.39 is 0 Å². The minimum atomic E-state index is 0.0494. The minimum Gasteiger partial charge on any atom is -0.457 e. The van der Waals surface area contributed by atoms with Crippen molar-refractivity contribution < 1.29 is 4.74 Å². The predicted molar refractivity (Wildman–Crippen MR) is 162 cm³/mol. The van der Waals surface area contributed by atoms with Crippen LogP contribution < -0.4 is 15.4 Å². The number of aliphatic imine (C=N–C) groups is 1. The van der Waals surface area contributed by atoms with Crippen LogP contribution in [0.4, 0.5) is 11.6 Å². The summed E-state index contributed by atoms with van der Waals surface area (Å²) < 4.78 is 8.30. The third-order valence-corrected chi connectivity index (χ3v) is 7.32. The summed E-state index contributed by atoms with van der Waals surface area (Å²) in [6, 6.07) is 28.8. The maximum Gasteiger partial charge on any atom is 0.208 e. The van der Waals surface area contributed by atoms with Crippen molar-refractivity contribution in [3.63, 3.8) is 0 Å². The molecule has 7 nitrogen and oxygen atoms in total. The molecule has 0 bridgehead atoms. The zero-order valence-electron chi connectivity index (χ0n) is 23.5. The molecule has 6 rings (SSSR count). The molecule has 7 heteroatoms. The molecular weight excluding hydrogens is 496 g/mol. The summed E-state index contributed by atoms with van der Waals surface area (Å²) in [4.78, 5) is 14.3. The van der Waals surface area contributed by atoms with E-state index in [4.69, 9.17) is 14.7 Å². The normalized spacial score (nSPS) is 17.0. The van der Waals surface area contributed by atoms with E-state index in [1.54, 1.807) is 6.20 Å². The third-order valence-electron chi connectivity index (χ3n) is 7.32. The molecule has 2 atom stereocenters. The number of ether oxygens (including phenoxy) is 1. The highest BCUT2D eigenvalue weighted by Crippen LogP contribution is 2.31. The van der Waals surface area contributed by atoms with E-state index in [-0.39, 0.29) is 17.5 Å². The smallest absolute Gasteiger partial charge is 0.208 e. The molecule has 0 fully saturated rings. The summed E-state index contributed by atoms with van der Waals surface area (Å²) in [6.07, 6.45) is 1.75. The Morgan fingerprint density at radius 3 is 2.40 bits per heavy atom. The Balaban J connectivity index is 1.20. The number of aromatic nitrogens is 3. The second kappa shape index (κ2) is 10.2. The molecule has 0 saturated heterocycles. The zero-order chi connectivity index (χ0) is 27.9. The van der Waals surface area contributed by atoms with Gasteiger partial charge in [0.05, 0.1) is 23.1 Å². The first-order chi connectivity index (χ1) is 19.2. The Labute approximate surface area is 235 Å². The van der Waals surface area contributed by atoms with Gasteiger partial charge >= 0.3 is 0 Å². The van der Waals surface area contributed by atoms with Gasteiger partial charge in [-0.15, -0.1) is 0 Å². The standard InChI is InChI=1S/C33H34N6O/c1-21-30(22-9-7-6-8-10-22)38-31(35-21)28-20-26(17-18-34-28)40-25-15-16-29-27(19-25)37-32(39(29)5)36-24-13-11-23(12-14-24)33(2,3)4/h6-21,30H,1-5H3,(H,35,38)(H,36,37). The zero-order valence-corrected chi connectivity index (χ0v) is 23.5. The van der Waals surface area contributed by atoms with E-state index in [1.807, 2.05) is 55.6 Å². The van der Waals surface area contributed by atoms with Gasteiger partial charge in [0.1, 0.15) is 23.0 Å². The van der Waals surface area contributed by atoms with Gasteiger partial charge in [-0.25, -0.2) is 4.98 Å². The van der Waals surface area contributed by atoms with Crippen molar-refractivity contribution in [1.29, 1.82) is 0 Å². The van der Waals surface area contributed by atoms with Crippen molar-refractivity contribution in [1.82, 2.24) is 19.9 Å². The highest BCUT2D eigenvalue weighted by atomic mass is 16.5. The molecule has 0 aliphatic carbocycles. The molecule has 3 heterocycles. The second-order valence-electron chi connectivity index (χ2n) is 11.3. The predicted octanol–water partition coefficient (Wildman–Crippen LogP) is 7.28. The van der Waals surface area contributed by atoms with Crippen LogP contribution in [0.25, 0.3) is 11.0 Å². The van der Waals surface area contributed by atoms with Crippen molar-refractivity contribution in [2.45, 2.75) is 45.2 Å². The van der Waals surface area contributed by atoms with Crippen LogP contribution in [0.1, 0.15) is 50.6 Å². The average Bonchev–Trinajstić information content (AvgIpc) is 3.48. The maximum atomic E-state index is 6.24. The van der Waals surface area contributed by atoms with E-state index in [0.29, 0.717) is 11.5 Å². The third kappa shape index (κ3) is 5.15. The summed E-state index contributed by atoms with van der Waals surface area (Å²) in [6.45, 7) is 8.79. The Kier molecular flexibility index (Phi) is 6.50. The summed E-state index contributed by atoms with van der Waals surface area (Å²) in [5, 5.41) is 6.94. The van der Waals surface area contributed by atoms with E-state index in [0.717, 1.165) is 34.2 Å². The lowest BCUT2D eigenvalue weighted by Gasteiger charge is -2.19. The van der Waals surface area contributed by atoms with Crippen LogP contribution in [0.15, 0.2) is 96.1 Å². The Bertz CT molecular complexity index is 1680. The van der Waals surface area contributed by atoms with Gasteiger partial charge < -0.3 is 19.9 Å². The molecule has 0 saturated carbocycles. The van der Waals surface area contributed by atoms with Crippen molar-refractivity contribution in [2.75, 3.05) is 5.32 Å². The van der Waals surface area contributed by atoms with E-state index in [9.17, 15) is 0 Å². The monoisotopic (exact) mass is 530 g/mol. The van der Waals surface area contributed by atoms with Crippen LogP contribution in [0.3, 0.4) is 0 Å². The molecule has 202 valence electrons. The van der Waals surface area contributed by atoms with Crippen LogP contribution in [-0.4, -0.2) is 26.4 Å². The fraction of sp³-hybridized carbons (Fsp3) is 0.242. The van der Waals surface area contributed by atoms with Gasteiger partial charge in [0.2, 0.25) is 5.95 Å². The van der Waals surface area contributed by atoms with Crippen LogP contribution in [0, 0.1) is 0 Å². The number of nitrogens with one attached hydrogen (secondary N) is 2. The average molecular weight is 531 g/mol. The van der Waals surface area contributed by atoms with Crippen molar-refractivity contribution in [3.05, 3.63) is 108 Å². The van der Waals surface area contributed by atoms with Gasteiger partial charge in [-0.3, -0.25) is 9.98 Å². The molecule has 2 N–H and O–H groups in total. The molecule has 40 heavy (non-hydrogen) atoms. The summed E-state index contributed by atoms with van der Waals surface area (Å²) in [7, 11) is 2.01. The minimum absolute atomic E-state index is 0.0494. The quantitative estimate of drug-likeness (QED) is 0.241. The van der Waals surface area contributed by atoms with E-state index in [2.05, 4.69) is 84.3 Å². The molecule has 1 aliphatic rings.